The summed E-state index contributed by atoms with van der Waals surface area (Å²) in [7, 11) is -1.37. The maximum absolute atomic E-state index is 13.5. The van der Waals surface area contributed by atoms with Crippen molar-refractivity contribution in [1.29, 1.82) is 0 Å². The van der Waals surface area contributed by atoms with Gasteiger partial charge in [0, 0.05) is 6.07 Å². The van der Waals surface area contributed by atoms with Crippen molar-refractivity contribution < 1.29 is 13.3 Å². The highest BCUT2D eigenvalue weighted by Gasteiger charge is 2.24. The first-order chi connectivity index (χ1) is 10.6. The van der Waals surface area contributed by atoms with Gasteiger partial charge in [-0.3, -0.25) is 4.31 Å². The number of hydrogen-bond donors (Lipinski definition) is 0. The predicted molar refractivity (Wildman–Crippen MR) is 86.2 cm³/mol. The minimum absolute atomic E-state index is 0.360. The van der Waals surface area contributed by atoms with Crippen molar-refractivity contribution in [2.75, 3.05) is 17.5 Å². The first-order valence-corrected chi connectivity index (χ1v) is 8.38. The monoisotopic (exact) mass is 319 g/mol. The molecule has 1 atom stereocenters. The summed E-state index contributed by atoms with van der Waals surface area (Å²) in [5.41, 5.74) is 1.74. The van der Waals surface area contributed by atoms with Crippen LogP contribution in [0.1, 0.15) is 25.3 Å². The smallest absolute Gasteiger partial charge is 0.153 e. The largest absolute Gasteiger partial charge is 0.489 e. The highest BCUT2D eigenvalue weighted by atomic mass is 32.2. The summed E-state index contributed by atoms with van der Waals surface area (Å²) in [5.74, 6) is 0.641. The van der Waals surface area contributed by atoms with Crippen molar-refractivity contribution >= 4 is 16.7 Å². The second-order valence-corrected chi connectivity index (χ2v) is 6.95. The van der Waals surface area contributed by atoms with E-state index >= 15 is 0 Å². The SMILES string of the molecule is CC(C)c1ccc(S(=O)N2CCOc3ccc(F)cc32)cc1. The summed E-state index contributed by atoms with van der Waals surface area (Å²) in [4.78, 5) is 0.710. The Balaban J connectivity index is 1.92. The van der Waals surface area contributed by atoms with E-state index in [4.69, 9.17) is 4.74 Å². The third-order valence-electron chi connectivity index (χ3n) is 3.69. The molecule has 0 saturated heterocycles. The van der Waals surface area contributed by atoms with Gasteiger partial charge in [0.05, 0.1) is 17.1 Å². The molecule has 3 nitrogen and oxygen atoms in total. The molecule has 2 aromatic rings. The summed E-state index contributed by atoms with van der Waals surface area (Å²) in [6, 6.07) is 12.0. The standard InChI is InChI=1S/C17H18FNO2S/c1-12(2)13-3-6-15(7-4-13)22(20)19-9-10-21-17-8-5-14(18)11-16(17)19/h3-8,11-12H,9-10H2,1-2H3. The van der Waals surface area contributed by atoms with Gasteiger partial charge >= 0.3 is 0 Å². The van der Waals surface area contributed by atoms with Crippen molar-refractivity contribution in [2.45, 2.75) is 24.7 Å². The van der Waals surface area contributed by atoms with E-state index in [1.54, 1.807) is 10.4 Å². The molecule has 1 aliphatic heterocycles. The fraction of sp³-hybridized carbons (Fsp3) is 0.294. The van der Waals surface area contributed by atoms with E-state index in [9.17, 15) is 8.60 Å². The number of hydrogen-bond acceptors (Lipinski definition) is 2. The number of halogens is 1. The number of fused-ring (bicyclic) bond motifs is 1. The topological polar surface area (TPSA) is 29.5 Å². The van der Waals surface area contributed by atoms with Crippen LogP contribution in [0.3, 0.4) is 0 Å². The van der Waals surface area contributed by atoms with Crippen LogP contribution in [0.5, 0.6) is 5.75 Å². The average Bonchev–Trinajstić information content (AvgIpc) is 2.53. The summed E-state index contributed by atoms with van der Waals surface area (Å²) in [6.45, 7) is 5.14. The molecular weight excluding hydrogens is 301 g/mol. The highest BCUT2D eigenvalue weighted by Crippen LogP contribution is 2.34. The zero-order valence-electron chi connectivity index (χ0n) is 12.6. The maximum Gasteiger partial charge on any atom is 0.153 e. The van der Waals surface area contributed by atoms with E-state index in [-0.39, 0.29) is 5.82 Å². The third kappa shape index (κ3) is 2.86. The molecular formula is C17H18FNO2S. The van der Waals surface area contributed by atoms with Crippen LogP contribution >= 0.6 is 0 Å². The Kier molecular flexibility index (Phi) is 4.16. The third-order valence-corrected chi connectivity index (χ3v) is 5.15. The molecule has 0 fully saturated rings. The second-order valence-electron chi connectivity index (χ2n) is 5.54. The van der Waals surface area contributed by atoms with E-state index < -0.39 is 11.0 Å². The Morgan fingerprint density at radius 2 is 1.91 bits per heavy atom. The van der Waals surface area contributed by atoms with Gasteiger partial charge < -0.3 is 4.74 Å². The van der Waals surface area contributed by atoms with Crippen LogP contribution in [0.25, 0.3) is 0 Å². The van der Waals surface area contributed by atoms with Crippen LogP contribution in [-0.2, 0) is 11.0 Å². The molecule has 0 bridgehead atoms. The number of anilines is 1. The van der Waals surface area contributed by atoms with E-state index in [1.165, 1.54) is 17.7 Å². The number of ether oxygens (including phenoxy) is 1. The van der Waals surface area contributed by atoms with Gasteiger partial charge in [-0.05, 0) is 35.7 Å². The molecule has 1 heterocycles. The van der Waals surface area contributed by atoms with E-state index in [0.29, 0.717) is 35.4 Å². The molecule has 0 spiro atoms. The quantitative estimate of drug-likeness (QED) is 0.859. The van der Waals surface area contributed by atoms with Crippen LogP contribution in [0, 0.1) is 5.82 Å². The lowest BCUT2D eigenvalue weighted by atomic mass is 10.0. The Bertz CT molecular complexity index is 700. The van der Waals surface area contributed by atoms with Crippen LogP contribution in [-0.4, -0.2) is 17.4 Å². The van der Waals surface area contributed by atoms with E-state index in [2.05, 4.69) is 13.8 Å². The number of benzene rings is 2. The summed E-state index contributed by atoms with van der Waals surface area (Å²) < 4.78 is 33.5. The van der Waals surface area contributed by atoms with Gasteiger partial charge in [0.15, 0.2) is 11.0 Å². The van der Waals surface area contributed by atoms with Crippen LogP contribution < -0.4 is 9.04 Å². The number of nitrogens with zero attached hydrogens (tertiary/aromatic N) is 1. The van der Waals surface area contributed by atoms with Crippen molar-refractivity contribution in [3.05, 3.63) is 53.8 Å². The van der Waals surface area contributed by atoms with Gasteiger partial charge in [0.1, 0.15) is 18.2 Å². The van der Waals surface area contributed by atoms with Crippen molar-refractivity contribution in [3.63, 3.8) is 0 Å². The first-order valence-electron chi connectivity index (χ1n) is 7.28. The van der Waals surface area contributed by atoms with Crippen molar-refractivity contribution in [1.82, 2.24) is 0 Å². The van der Waals surface area contributed by atoms with Gasteiger partial charge in [-0.1, -0.05) is 26.0 Å². The second kappa shape index (κ2) is 6.08. The maximum atomic E-state index is 13.5. The molecule has 0 amide bonds. The van der Waals surface area contributed by atoms with E-state index in [0.717, 1.165) is 0 Å². The molecule has 22 heavy (non-hydrogen) atoms. The normalized spacial score (nSPS) is 15.4. The van der Waals surface area contributed by atoms with E-state index in [1.807, 2.05) is 24.3 Å². The van der Waals surface area contributed by atoms with Gasteiger partial charge in [0.25, 0.3) is 0 Å². The fourth-order valence-electron chi connectivity index (χ4n) is 2.44. The van der Waals surface area contributed by atoms with Gasteiger partial charge in [-0.2, -0.15) is 0 Å². The zero-order chi connectivity index (χ0) is 15.7. The summed E-state index contributed by atoms with van der Waals surface area (Å²) >= 11 is 0. The molecule has 0 N–H and O–H groups in total. The Hall–Kier alpha value is -1.88. The Morgan fingerprint density at radius 1 is 1.18 bits per heavy atom. The van der Waals surface area contributed by atoms with Crippen LogP contribution in [0.15, 0.2) is 47.4 Å². The fourth-order valence-corrected chi connectivity index (χ4v) is 3.62. The number of rotatable bonds is 3. The zero-order valence-corrected chi connectivity index (χ0v) is 13.4. The van der Waals surface area contributed by atoms with Crippen molar-refractivity contribution in [3.8, 4) is 5.75 Å². The Labute approximate surface area is 132 Å². The van der Waals surface area contributed by atoms with Crippen LogP contribution in [0.4, 0.5) is 10.1 Å². The minimum atomic E-state index is -1.37. The minimum Gasteiger partial charge on any atom is -0.489 e. The van der Waals surface area contributed by atoms with Gasteiger partial charge in [-0.15, -0.1) is 0 Å². The Morgan fingerprint density at radius 3 is 2.59 bits per heavy atom. The van der Waals surface area contributed by atoms with Gasteiger partial charge in [-0.25, -0.2) is 8.60 Å². The summed E-state index contributed by atoms with van der Waals surface area (Å²) in [6.07, 6.45) is 0. The van der Waals surface area contributed by atoms with Crippen molar-refractivity contribution in [2.24, 2.45) is 0 Å². The molecule has 0 radical (unpaired) electrons. The lowest BCUT2D eigenvalue weighted by Gasteiger charge is -2.29. The molecule has 1 unspecified atom stereocenters. The van der Waals surface area contributed by atoms with Crippen LogP contribution in [0.2, 0.25) is 0 Å². The lowest BCUT2D eigenvalue weighted by Crippen LogP contribution is -2.34. The molecule has 116 valence electrons. The highest BCUT2D eigenvalue weighted by molar-refractivity contribution is 7.86. The molecule has 5 heteroatoms. The lowest BCUT2D eigenvalue weighted by molar-refractivity contribution is 0.316. The summed E-state index contributed by atoms with van der Waals surface area (Å²) in [5, 5.41) is 0. The average molecular weight is 319 g/mol. The first kappa shape index (κ1) is 15.0. The molecule has 0 aromatic heterocycles. The molecule has 2 aromatic carbocycles. The predicted octanol–water partition coefficient (Wildman–Crippen LogP) is 3.87. The molecule has 0 aliphatic carbocycles. The molecule has 0 saturated carbocycles. The molecule has 3 rings (SSSR count). The van der Waals surface area contributed by atoms with Gasteiger partial charge in [0.2, 0.25) is 0 Å². The molecule has 1 aliphatic rings.